The van der Waals surface area contributed by atoms with E-state index >= 15 is 0 Å². The molecule has 154 valence electrons. The highest BCUT2D eigenvalue weighted by atomic mass is 35.5. The molecule has 0 bridgehead atoms. The highest BCUT2D eigenvalue weighted by Gasteiger charge is 2.57. The van der Waals surface area contributed by atoms with Crippen LogP contribution in [0.1, 0.15) is 23.2 Å². The van der Waals surface area contributed by atoms with Crippen LogP contribution in [0.15, 0.2) is 30.9 Å². The summed E-state index contributed by atoms with van der Waals surface area (Å²) < 4.78 is 1.53. The number of H-pyrrole nitrogens is 1. The first-order chi connectivity index (χ1) is 14.9. The summed E-state index contributed by atoms with van der Waals surface area (Å²) in [5.74, 6) is 0.336. The van der Waals surface area contributed by atoms with Crippen LogP contribution >= 0.6 is 11.6 Å². The van der Waals surface area contributed by atoms with Gasteiger partial charge < -0.3 is 15.2 Å². The van der Waals surface area contributed by atoms with Gasteiger partial charge in [0.25, 0.3) is 0 Å². The number of benzene rings is 1. The molecule has 1 atom stereocenters. The van der Waals surface area contributed by atoms with E-state index in [1.165, 1.54) is 17.3 Å². The summed E-state index contributed by atoms with van der Waals surface area (Å²) in [5, 5.41) is 8.05. The Morgan fingerprint density at radius 1 is 1.19 bits per heavy atom. The Hall–Kier alpha value is -3.79. The standard InChI is InChI=1S/C20H15ClN8O2/c1-9-14-17(29(27-9)18-15-16(23-7-22-15)24-8-25-18)26-13(30)6-20(14)11-5-10(21)3-4-12(11)28(2)19(20)31/h3-5,7-8H,6H2,1-2H3,(H,26,30)(H,22,23,24,25)/t20-/m0/s1. The van der Waals surface area contributed by atoms with Crippen molar-refractivity contribution in [1.29, 1.82) is 0 Å². The third kappa shape index (κ3) is 2.17. The first-order valence-electron chi connectivity index (χ1n) is 9.54. The Bertz CT molecular complexity index is 1440. The third-order valence-corrected chi connectivity index (χ3v) is 6.26. The summed E-state index contributed by atoms with van der Waals surface area (Å²) in [6.45, 7) is 1.82. The summed E-state index contributed by atoms with van der Waals surface area (Å²) in [4.78, 5) is 43.8. The number of fused-ring (bicyclic) bond motifs is 5. The van der Waals surface area contributed by atoms with E-state index in [4.69, 9.17) is 11.6 Å². The first-order valence-corrected chi connectivity index (χ1v) is 9.92. The maximum absolute atomic E-state index is 13.7. The van der Waals surface area contributed by atoms with Crippen molar-refractivity contribution >= 4 is 46.1 Å². The predicted molar refractivity (Wildman–Crippen MR) is 112 cm³/mol. The van der Waals surface area contributed by atoms with Crippen LogP contribution in [-0.4, -0.2) is 48.6 Å². The van der Waals surface area contributed by atoms with Crippen molar-refractivity contribution in [2.75, 3.05) is 17.3 Å². The number of aryl methyl sites for hydroxylation is 1. The molecule has 5 heterocycles. The lowest BCUT2D eigenvalue weighted by atomic mass is 9.70. The van der Waals surface area contributed by atoms with E-state index in [1.807, 2.05) is 6.92 Å². The van der Waals surface area contributed by atoms with E-state index in [0.29, 0.717) is 44.6 Å². The molecule has 0 radical (unpaired) electrons. The van der Waals surface area contributed by atoms with Gasteiger partial charge in [-0.3, -0.25) is 9.59 Å². The molecule has 2 amide bonds. The molecule has 1 aromatic carbocycles. The van der Waals surface area contributed by atoms with Crippen LogP contribution in [0, 0.1) is 6.92 Å². The monoisotopic (exact) mass is 434 g/mol. The Labute approximate surface area is 180 Å². The van der Waals surface area contributed by atoms with Crippen LogP contribution < -0.4 is 10.2 Å². The molecule has 0 aliphatic carbocycles. The summed E-state index contributed by atoms with van der Waals surface area (Å²) >= 11 is 6.30. The van der Waals surface area contributed by atoms with E-state index in [0.717, 1.165) is 5.69 Å². The highest BCUT2D eigenvalue weighted by Crippen LogP contribution is 2.53. The minimum Gasteiger partial charge on any atom is -0.340 e. The number of aromatic nitrogens is 6. The number of hydrogen-bond acceptors (Lipinski definition) is 6. The second-order valence-corrected chi connectivity index (χ2v) is 8.11. The van der Waals surface area contributed by atoms with E-state index in [-0.39, 0.29) is 18.2 Å². The number of carbonyl (C=O) groups excluding carboxylic acids is 2. The number of imidazole rings is 1. The Balaban J connectivity index is 1.69. The van der Waals surface area contributed by atoms with Gasteiger partial charge in [0.05, 0.1) is 12.0 Å². The average Bonchev–Trinajstić information content (AvgIpc) is 3.40. The molecule has 2 aliphatic rings. The predicted octanol–water partition coefficient (Wildman–Crippen LogP) is 2.11. The van der Waals surface area contributed by atoms with Gasteiger partial charge in [-0.15, -0.1) is 0 Å². The van der Waals surface area contributed by atoms with Crippen LogP contribution in [0.2, 0.25) is 5.02 Å². The summed E-state index contributed by atoms with van der Waals surface area (Å²) in [6.07, 6.45) is 2.86. The molecule has 1 spiro atoms. The average molecular weight is 435 g/mol. The van der Waals surface area contributed by atoms with Crippen LogP contribution in [0.25, 0.3) is 17.0 Å². The number of hydrogen-bond donors (Lipinski definition) is 2. The zero-order valence-corrected chi connectivity index (χ0v) is 17.2. The third-order valence-electron chi connectivity index (χ3n) is 6.02. The van der Waals surface area contributed by atoms with Crippen molar-refractivity contribution < 1.29 is 9.59 Å². The number of likely N-dealkylation sites (N-methyl/N-ethyl adjacent to an activating group) is 1. The topological polar surface area (TPSA) is 122 Å². The van der Waals surface area contributed by atoms with Gasteiger partial charge in [-0.2, -0.15) is 9.78 Å². The van der Waals surface area contributed by atoms with Crippen molar-refractivity contribution in [3.8, 4) is 5.82 Å². The van der Waals surface area contributed by atoms with Gasteiger partial charge in [-0.1, -0.05) is 11.6 Å². The van der Waals surface area contributed by atoms with Crippen LogP contribution in [0.5, 0.6) is 0 Å². The fraction of sp³-hybridized carbons (Fsp3) is 0.200. The molecule has 6 rings (SSSR count). The number of anilines is 2. The maximum atomic E-state index is 13.7. The lowest BCUT2D eigenvalue weighted by Gasteiger charge is -2.32. The van der Waals surface area contributed by atoms with Gasteiger partial charge in [0.1, 0.15) is 23.1 Å². The number of amides is 2. The number of carbonyl (C=O) groups is 2. The molecule has 0 fully saturated rings. The molecule has 10 nitrogen and oxygen atoms in total. The minimum absolute atomic E-state index is 0.0354. The maximum Gasteiger partial charge on any atom is 0.242 e. The minimum atomic E-state index is -1.21. The zero-order chi connectivity index (χ0) is 21.5. The molecule has 31 heavy (non-hydrogen) atoms. The fourth-order valence-electron chi connectivity index (χ4n) is 4.79. The highest BCUT2D eigenvalue weighted by molar-refractivity contribution is 6.31. The fourth-order valence-corrected chi connectivity index (χ4v) is 4.96. The quantitative estimate of drug-likeness (QED) is 0.473. The molecule has 4 aromatic rings. The van der Waals surface area contributed by atoms with E-state index in [2.05, 4.69) is 30.4 Å². The molecular formula is C20H15ClN8O2. The molecule has 3 aromatic heterocycles. The lowest BCUT2D eigenvalue weighted by molar-refractivity contribution is -0.126. The van der Waals surface area contributed by atoms with Crippen molar-refractivity contribution in [1.82, 2.24) is 29.7 Å². The van der Waals surface area contributed by atoms with Crippen LogP contribution in [0.3, 0.4) is 0 Å². The van der Waals surface area contributed by atoms with Crippen molar-refractivity contribution in [2.45, 2.75) is 18.8 Å². The molecule has 0 saturated heterocycles. The molecule has 2 aliphatic heterocycles. The Kier molecular flexibility index (Phi) is 3.42. The summed E-state index contributed by atoms with van der Waals surface area (Å²) in [7, 11) is 1.70. The van der Waals surface area contributed by atoms with Gasteiger partial charge in [0.2, 0.25) is 11.8 Å². The number of aromatic amines is 1. The van der Waals surface area contributed by atoms with Gasteiger partial charge in [0, 0.05) is 29.7 Å². The second-order valence-electron chi connectivity index (χ2n) is 7.68. The molecular weight excluding hydrogens is 420 g/mol. The Morgan fingerprint density at radius 2 is 2.03 bits per heavy atom. The van der Waals surface area contributed by atoms with Gasteiger partial charge >= 0.3 is 0 Å². The van der Waals surface area contributed by atoms with E-state index in [9.17, 15) is 9.59 Å². The number of nitrogens with one attached hydrogen (secondary N) is 2. The summed E-state index contributed by atoms with van der Waals surface area (Å²) in [6, 6.07) is 5.29. The largest absolute Gasteiger partial charge is 0.340 e. The lowest BCUT2D eigenvalue weighted by Crippen LogP contribution is -2.46. The second kappa shape index (κ2) is 5.88. The molecule has 2 N–H and O–H groups in total. The van der Waals surface area contributed by atoms with E-state index < -0.39 is 5.41 Å². The first kappa shape index (κ1) is 18.0. The molecule has 11 heteroatoms. The van der Waals surface area contributed by atoms with Crippen molar-refractivity contribution in [3.05, 3.63) is 52.7 Å². The van der Waals surface area contributed by atoms with Crippen molar-refractivity contribution in [2.24, 2.45) is 0 Å². The molecule has 0 unspecified atom stereocenters. The normalized spacial score (nSPS) is 19.8. The zero-order valence-electron chi connectivity index (χ0n) is 16.5. The number of rotatable bonds is 1. The van der Waals surface area contributed by atoms with Crippen LogP contribution in [0.4, 0.5) is 11.5 Å². The Morgan fingerprint density at radius 3 is 2.87 bits per heavy atom. The van der Waals surface area contributed by atoms with E-state index in [1.54, 1.807) is 30.1 Å². The van der Waals surface area contributed by atoms with Gasteiger partial charge in [0.15, 0.2) is 11.5 Å². The van der Waals surface area contributed by atoms with Gasteiger partial charge in [-0.25, -0.2) is 15.0 Å². The smallest absolute Gasteiger partial charge is 0.242 e. The number of nitrogens with zero attached hydrogens (tertiary/aromatic N) is 6. The van der Waals surface area contributed by atoms with Crippen molar-refractivity contribution in [3.63, 3.8) is 0 Å². The number of halogens is 1. The van der Waals surface area contributed by atoms with Crippen LogP contribution in [-0.2, 0) is 15.0 Å². The molecule has 0 saturated carbocycles. The summed E-state index contributed by atoms with van der Waals surface area (Å²) in [5.41, 5.74) is 2.49. The van der Waals surface area contributed by atoms with Gasteiger partial charge in [-0.05, 0) is 30.7 Å². The SMILES string of the molecule is Cc1nn(-c2ncnc3nc[nH]c23)c2c1[C@@]1(CC(=O)N2)C(=O)N(C)c2ccc(Cl)cc21.